The van der Waals surface area contributed by atoms with E-state index in [1.807, 2.05) is 86.3 Å². The first-order valence-electron chi connectivity index (χ1n) is 21.3. The van der Waals surface area contributed by atoms with Crippen molar-refractivity contribution in [2.45, 2.75) is 148 Å². The lowest BCUT2D eigenvalue weighted by Crippen LogP contribution is -2.68. The number of guanidine groups is 1. The Morgan fingerprint density at radius 3 is 2.11 bits per heavy atom. The van der Waals surface area contributed by atoms with Crippen LogP contribution in [0.5, 0.6) is 5.75 Å². The molecule has 15 heteroatoms. The second kappa shape index (κ2) is 19.1. The number of carbonyl (C=O) groups is 3. The van der Waals surface area contributed by atoms with Crippen molar-refractivity contribution in [1.82, 2.24) is 19.8 Å². The number of aliphatic imine (C=N–C) groups is 1. The molecule has 0 radical (unpaired) electrons. The summed E-state index contributed by atoms with van der Waals surface area (Å²) in [4.78, 5) is 50.1. The first-order chi connectivity index (χ1) is 28.8. The van der Waals surface area contributed by atoms with E-state index in [0.29, 0.717) is 36.9 Å². The Morgan fingerprint density at radius 1 is 0.919 bits per heavy atom. The number of rotatable bonds is 14. The zero-order valence-electron chi connectivity index (χ0n) is 38.3. The molecule has 0 unspecified atom stereocenters. The van der Waals surface area contributed by atoms with Gasteiger partial charge in [0, 0.05) is 37.7 Å². The van der Waals surface area contributed by atoms with Gasteiger partial charge >= 0.3 is 12.1 Å². The largest absolute Gasteiger partial charge is 0.487 e. The quantitative estimate of drug-likeness (QED) is 0.0724. The van der Waals surface area contributed by atoms with Gasteiger partial charge in [0.15, 0.2) is 0 Å². The van der Waals surface area contributed by atoms with Crippen molar-refractivity contribution in [3.8, 4) is 5.75 Å². The van der Waals surface area contributed by atoms with E-state index >= 15 is 0 Å². The van der Waals surface area contributed by atoms with Gasteiger partial charge in [-0.25, -0.2) is 17.9 Å². The molecule has 0 bridgehead atoms. The van der Waals surface area contributed by atoms with Crippen molar-refractivity contribution in [1.29, 1.82) is 0 Å². The van der Waals surface area contributed by atoms with Crippen LogP contribution in [0.4, 0.5) is 4.79 Å². The number of nitrogens with one attached hydrogen (secondary N) is 2. The summed E-state index contributed by atoms with van der Waals surface area (Å²) in [5, 5.41) is 3.11. The normalized spacial score (nSPS) is 18.7. The van der Waals surface area contributed by atoms with Gasteiger partial charge in [-0.15, -0.1) is 0 Å². The first kappa shape index (κ1) is 47.9. The summed E-state index contributed by atoms with van der Waals surface area (Å²) in [6.45, 7) is 20.4. The Balaban J connectivity index is 1.46. The molecule has 5 rings (SSSR count). The average molecular weight is 875 g/mol. The number of benzene rings is 3. The average Bonchev–Trinajstić information content (AvgIpc) is 3.49. The lowest BCUT2D eigenvalue weighted by Gasteiger charge is -2.48. The highest BCUT2D eigenvalue weighted by atomic mass is 32.2. The highest BCUT2D eigenvalue weighted by Gasteiger charge is 2.45. The number of piperazine rings is 1. The third-order valence-corrected chi connectivity index (χ3v) is 12.6. The monoisotopic (exact) mass is 874 g/mol. The molecule has 14 nitrogen and oxygen atoms in total. The predicted molar refractivity (Wildman–Crippen MR) is 240 cm³/mol. The van der Waals surface area contributed by atoms with Crippen molar-refractivity contribution in [2.24, 2.45) is 10.7 Å². The smallest absolute Gasteiger partial charge is 0.407 e. The third kappa shape index (κ3) is 12.5. The Labute approximate surface area is 368 Å². The van der Waals surface area contributed by atoms with Gasteiger partial charge in [0.25, 0.3) is 10.0 Å². The highest BCUT2D eigenvalue weighted by molar-refractivity contribution is 7.90. The fourth-order valence-corrected chi connectivity index (χ4v) is 9.84. The van der Waals surface area contributed by atoms with E-state index in [1.54, 1.807) is 60.3 Å². The molecule has 0 saturated carbocycles. The zero-order valence-corrected chi connectivity index (χ0v) is 39.1. The van der Waals surface area contributed by atoms with Gasteiger partial charge < -0.3 is 30.2 Å². The topological polar surface area (TPSA) is 182 Å². The molecule has 0 aromatic heterocycles. The predicted octanol–water partition coefficient (Wildman–Crippen LogP) is 6.26. The molecule has 338 valence electrons. The number of sulfonamides is 1. The van der Waals surface area contributed by atoms with Gasteiger partial charge in [0.05, 0.1) is 23.5 Å². The number of esters is 1. The summed E-state index contributed by atoms with van der Waals surface area (Å²) in [5.41, 5.74) is 8.89. The van der Waals surface area contributed by atoms with E-state index in [9.17, 15) is 22.8 Å². The first-order valence-corrected chi connectivity index (χ1v) is 22.8. The van der Waals surface area contributed by atoms with Crippen LogP contribution in [0, 0.1) is 20.8 Å². The molecule has 2 amide bonds. The molecule has 1 fully saturated rings. The number of hydrogen-bond donors (Lipinski definition) is 3. The minimum atomic E-state index is -4.13. The van der Waals surface area contributed by atoms with Gasteiger partial charge in [-0.3, -0.25) is 19.5 Å². The van der Waals surface area contributed by atoms with Crippen molar-refractivity contribution in [3.05, 3.63) is 94.0 Å². The Hall–Kier alpha value is -5.15. The standard InChI is InChI=1S/C47H66N6O8S/c1-30-31(2)41(32(3)35-26-47(10,11)60-40(30)35)62(57,58)51-43(48)49-24-18-23-37-42(55)52(27-34-21-16-13-17-22-34)28-38(53(37)29-39(54)59-45(4,5)6)36(25-33-19-14-12-15-20-33)50-44(56)61-46(7,8)9/h12-17,19-22,36-38H,18,23-29H2,1-11H3,(H,50,56)(H3,48,49,51)/t36-,37-,38+/m0/s1. The summed E-state index contributed by atoms with van der Waals surface area (Å²) in [7, 11) is -4.13. The van der Waals surface area contributed by atoms with E-state index in [-0.39, 0.29) is 42.8 Å². The number of amides is 2. The fraction of sp³-hybridized carbons (Fsp3) is 0.532. The van der Waals surface area contributed by atoms with Crippen LogP contribution in [0.2, 0.25) is 0 Å². The highest BCUT2D eigenvalue weighted by Crippen LogP contribution is 2.43. The lowest BCUT2D eigenvalue weighted by atomic mass is 9.91. The molecule has 62 heavy (non-hydrogen) atoms. The number of fused-ring (bicyclic) bond motifs is 1. The molecule has 3 aromatic rings. The van der Waals surface area contributed by atoms with Crippen LogP contribution >= 0.6 is 0 Å². The summed E-state index contributed by atoms with van der Waals surface area (Å²) < 4.78 is 48.0. The summed E-state index contributed by atoms with van der Waals surface area (Å²) in [6.07, 6.45) is 0.865. The molecule has 4 N–H and O–H groups in total. The van der Waals surface area contributed by atoms with Crippen LogP contribution in [0.3, 0.4) is 0 Å². The van der Waals surface area contributed by atoms with Gasteiger partial charge in [0.1, 0.15) is 22.6 Å². The van der Waals surface area contributed by atoms with Crippen LogP contribution in [0.15, 0.2) is 70.6 Å². The van der Waals surface area contributed by atoms with Crippen molar-refractivity contribution in [2.75, 3.05) is 19.6 Å². The van der Waals surface area contributed by atoms with E-state index in [4.69, 9.17) is 19.9 Å². The van der Waals surface area contributed by atoms with Crippen LogP contribution < -0.4 is 20.5 Å². The molecule has 0 spiro atoms. The molecular formula is C47H66N6O8S. The minimum absolute atomic E-state index is 0.0780. The number of alkyl carbamates (subject to hydrolysis) is 1. The summed E-state index contributed by atoms with van der Waals surface area (Å²) >= 11 is 0. The molecule has 1 saturated heterocycles. The van der Waals surface area contributed by atoms with Crippen molar-refractivity contribution < 1.29 is 37.0 Å². The van der Waals surface area contributed by atoms with E-state index in [0.717, 1.165) is 28.0 Å². The molecule has 2 aliphatic rings. The lowest BCUT2D eigenvalue weighted by molar-refractivity contribution is -0.162. The Bertz CT molecular complexity index is 2230. The van der Waals surface area contributed by atoms with Gasteiger partial charge in [-0.1, -0.05) is 60.7 Å². The van der Waals surface area contributed by atoms with Gasteiger partial charge in [-0.2, -0.15) is 0 Å². The molecule has 2 heterocycles. The van der Waals surface area contributed by atoms with Crippen LogP contribution in [-0.2, 0) is 48.5 Å². The Kier molecular flexibility index (Phi) is 14.7. The van der Waals surface area contributed by atoms with Crippen LogP contribution in [0.25, 0.3) is 0 Å². The number of ether oxygens (including phenoxy) is 3. The van der Waals surface area contributed by atoms with Crippen molar-refractivity contribution in [3.63, 3.8) is 0 Å². The number of hydrogen-bond acceptors (Lipinski definition) is 10. The molecule has 2 aliphatic heterocycles. The zero-order chi connectivity index (χ0) is 45.8. The van der Waals surface area contributed by atoms with Crippen LogP contribution in [-0.4, -0.2) is 96.7 Å². The molecule has 0 aliphatic carbocycles. The summed E-state index contributed by atoms with van der Waals surface area (Å²) in [5.74, 6) is -0.286. The number of nitrogens with two attached hydrogens (primary N) is 1. The van der Waals surface area contributed by atoms with Gasteiger partial charge in [-0.05, 0) is 123 Å². The van der Waals surface area contributed by atoms with Crippen LogP contribution in [0.1, 0.15) is 102 Å². The maximum absolute atomic E-state index is 14.7. The summed E-state index contributed by atoms with van der Waals surface area (Å²) in [6, 6.07) is 17.3. The fourth-order valence-electron chi connectivity index (χ4n) is 8.31. The number of carbonyl (C=O) groups excluding carboxylic acids is 3. The SMILES string of the molecule is Cc1c(C)c(S(=O)(=O)NC(N)=NCCC[C@H]2C(=O)N(Cc3ccccc3)C[C@H]([C@H](Cc3ccccc3)NC(=O)OC(C)(C)C)N2CC(=O)OC(C)(C)C)c(C)c2c1OC(C)(C)C2. The maximum Gasteiger partial charge on any atom is 0.407 e. The Morgan fingerprint density at radius 2 is 1.52 bits per heavy atom. The van der Waals surface area contributed by atoms with Crippen molar-refractivity contribution >= 4 is 34.0 Å². The third-order valence-electron chi connectivity index (χ3n) is 11.0. The van der Waals surface area contributed by atoms with Gasteiger partial charge in [0.2, 0.25) is 11.9 Å². The molecule has 3 atom stereocenters. The van der Waals surface area contributed by atoms with E-state index in [2.05, 4.69) is 15.0 Å². The minimum Gasteiger partial charge on any atom is -0.487 e. The maximum atomic E-state index is 14.7. The van der Waals surface area contributed by atoms with E-state index < -0.39 is 57.0 Å². The molecular weight excluding hydrogens is 809 g/mol. The number of nitrogens with zero attached hydrogens (tertiary/aromatic N) is 3. The second-order valence-corrected chi connectivity index (χ2v) is 20.7. The van der Waals surface area contributed by atoms with E-state index in [1.165, 1.54) is 0 Å². The second-order valence-electron chi connectivity index (χ2n) is 19.1. The molecule has 3 aromatic carbocycles.